The molecule has 192 valence electrons. The molecule has 1 aromatic carbocycles. The van der Waals surface area contributed by atoms with E-state index in [-0.39, 0.29) is 24.9 Å². The van der Waals surface area contributed by atoms with Gasteiger partial charge in [0.1, 0.15) is 15.6 Å². The normalized spacial score (nSPS) is 24.6. The zero-order valence-electron chi connectivity index (χ0n) is 19.2. The van der Waals surface area contributed by atoms with Crippen LogP contribution < -0.4 is 20.9 Å². The molecule has 0 amide bonds. The second-order valence-electron chi connectivity index (χ2n) is 8.13. The molecule has 1 aliphatic heterocycles. The average molecular weight is 595 g/mol. The summed E-state index contributed by atoms with van der Waals surface area (Å²) in [6.07, 6.45) is -0.660. The van der Waals surface area contributed by atoms with E-state index in [0.29, 0.717) is 0 Å². The molecule has 2 N–H and O–H groups in total. The molecule has 1 fully saturated rings. The van der Waals surface area contributed by atoms with Crippen molar-refractivity contribution in [2.24, 2.45) is 0 Å². The monoisotopic (exact) mass is 593 g/mol. The molecule has 11 nitrogen and oxygen atoms in total. The quantitative estimate of drug-likeness (QED) is 0.241. The first kappa shape index (κ1) is 27.6. The minimum Gasteiger partial charge on any atom is -0.462 e. The summed E-state index contributed by atoms with van der Waals surface area (Å²) in [5.74, 6) is -0.375. The second-order valence-corrected chi connectivity index (χ2v) is 12.4. The summed E-state index contributed by atoms with van der Waals surface area (Å²) < 4.78 is 35.8. The van der Waals surface area contributed by atoms with Crippen molar-refractivity contribution in [3.63, 3.8) is 0 Å². The number of aromatic amines is 1. The molecule has 0 aliphatic carbocycles. The summed E-state index contributed by atoms with van der Waals surface area (Å²) in [5.41, 5.74) is -1.26. The lowest BCUT2D eigenvalue weighted by atomic mass is 10.2. The van der Waals surface area contributed by atoms with Crippen LogP contribution in [0.1, 0.15) is 33.4 Å². The van der Waals surface area contributed by atoms with E-state index in [2.05, 4.69) is 26.0 Å². The number of hydrogen-bond donors (Lipinski definition) is 2. The van der Waals surface area contributed by atoms with Crippen LogP contribution in [0.3, 0.4) is 0 Å². The van der Waals surface area contributed by atoms with Gasteiger partial charge in [-0.3, -0.25) is 23.7 Å². The Morgan fingerprint density at radius 2 is 2.00 bits per heavy atom. The van der Waals surface area contributed by atoms with Crippen molar-refractivity contribution in [2.75, 3.05) is 6.61 Å². The van der Waals surface area contributed by atoms with Crippen LogP contribution in [0.5, 0.6) is 5.75 Å². The Morgan fingerprint density at radius 1 is 1.31 bits per heavy atom. The van der Waals surface area contributed by atoms with Crippen molar-refractivity contribution in [2.45, 2.75) is 55.5 Å². The van der Waals surface area contributed by atoms with Crippen molar-refractivity contribution < 1.29 is 27.9 Å². The van der Waals surface area contributed by atoms with Gasteiger partial charge < -0.3 is 14.0 Å². The van der Waals surface area contributed by atoms with Crippen molar-refractivity contribution in [3.05, 3.63) is 63.4 Å². The number of halogens is 2. The molecular weight excluding hydrogens is 569 g/mol. The maximum atomic E-state index is 13.6. The molecule has 2 heterocycles. The first-order valence-electron chi connectivity index (χ1n) is 10.7. The Kier molecular flexibility index (Phi) is 9.01. The topological polar surface area (TPSA) is 138 Å². The first-order valence-corrected chi connectivity index (χ1v) is 13.4. The molecule has 0 spiro atoms. The number of carbonyl (C=O) groups excluding carboxylic acids is 1. The molecule has 0 saturated carbocycles. The lowest BCUT2D eigenvalue weighted by Crippen LogP contribution is -2.37. The molecule has 1 aliphatic rings. The molecular formula is C21H26BrClN3O8P. The Hall–Kier alpha value is -1.95. The third kappa shape index (κ3) is 7.52. The van der Waals surface area contributed by atoms with Crippen molar-refractivity contribution in [3.8, 4) is 5.75 Å². The van der Waals surface area contributed by atoms with Crippen LogP contribution >= 0.6 is 35.3 Å². The maximum Gasteiger partial charge on any atom is 0.459 e. The standard InChI is InChI=1S/C21H26BrClN3O8P/c1-13(2)32-18(28)14(3)25-35(30,34-15-7-5-4-6-8-15)31-12-16-11-21(22,23)19(33-16)26-10-9-17(27)24-20(26)29/h4-10,13-14,16,19H,11-12H2,1-3H3,(H,25,30)(H,24,27,29)/t14-,16+,19+,21-,35-/m0/s1. The lowest BCUT2D eigenvalue weighted by molar-refractivity contribution is -0.149. The minimum atomic E-state index is -4.10. The average Bonchev–Trinajstić information content (AvgIpc) is 3.06. The third-order valence-corrected chi connectivity index (χ3v) is 7.44. The van der Waals surface area contributed by atoms with Gasteiger partial charge in [0.2, 0.25) is 0 Å². The third-order valence-electron chi connectivity index (χ3n) is 4.74. The smallest absolute Gasteiger partial charge is 0.459 e. The summed E-state index contributed by atoms with van der Waals surface area (Å²) in [4.78, 5) is 38.0. The van der Waals surface area contributed by atoms with Crippen molar-refractivity contribution in [1.82, 2.24) is 14.6 Å². The summed E-state index contributed by atoms with van der Waals surface area (Å²) in [7, 11) is -4.10. The number of hydrogen-bond acceptors (Lipinski definition) is 8. The fourth-order valence-electron chi connectivity index (χ4n) is 3.23. The van der Waals surface area contributed by atoms with Gasteiger partial charge >= 0.3 is 19.4 Å². The van der Waals surface area contributed by atoms with E-state index in [1.807, 2.05) is 0 Å². The van der Waals surface area contributed by atoms with E-state index in [4.69, 9.17) is 30.1 Å². The van der Waals surface area contributed by atoms with Gasteiger partial charge in [-0.05, 0) is 32.9 Å². The molecule has 0 radical (unpaired) electrons. The molecule has 5 atom stereocenters. The van der Waals surface area contributed by atoms with Gasteiger partial charge in [-0.2, -0.15) is 5.09 Å². The van der Waals surface area contributed by atoms with Crippen LogP contribution in [0, 0.1) is 0 Å². The minimum absolute atomic E-state index is 0.154. The van der Waals surface area contributed by atoms with Crippen LogP contribution in [-0.2, 0) is 23.4 Å². The molecule has 0 unspecified atom stereocenters. The van der Waals surface area contributed by atoms with Crippen LogP contribution in [0.4, 0.5) is 0 Å². The number of carbonyl (C=O) groups is 1. The van der Waals surface area contributed by atoms with E-state index >= 15 is 0 Å². The Bertz CT molecular complexity index is 1190. The predicted molar refractivity (Wildman–Crippen MR) is 132 cm³/mol. The summed E-state index contributed by atoms with van der Waals surface area (Å²) >= 11 is 9.89. The molecule has 1 aromatic heterocycles. The second kappa shape index (κ2) is 11.4. The molecule has 1 saturated heterocycles. The maximum absolute atomic E-state index is 13.6. The zero-order chi connectivity index (χ0) is 25.8. The van der Waals surface area contributed by atoms with Crippen LogP contribution in [0.15, 0.2) is 52.2 Å². The number of nitrogens with one attached hydrogen (secondary N) is 2. The van der Waals surface area contributed by atoms with Crippen molar-refractivity contribution >= 4 is 41.2 Å². The fourth-order valence-corrected chi connectivity index (χ4v) is 5.77. The highest BCUT2D eigenvalue weighted by Crippen LogP contribution is 2.50. The van der Waals surface area contributed by atoms with Gasteiger partial charge in [-0.25, -0.2) is 9.36 Å². The first-order chi connectivity index (χ1) is 16.4. The highest BCUT2D eigenvalue weighted by molar-refractivity contribution is 9.10. The van der Waals surface area contributed by atoms with Gasteiger partial charge in [0.15, 0.2) is 6.23 Å². The van der Waals surface area contributed by atoms with E-state index in [0.717, 1.165) is 10.6 Å². The Labute approximate surface area is 214 Å². The van der Waals surface area contributed by atoms with Crippen molar-refractivity contribution in [1.29, 1.82) is 0 Å². The Morgan fingerprint density at radius 3 is 2.63 bits per heavy atom. The van der Waals surface area contributed by atoms with Gasteiger partial charge in [0, 0.05) is 18.7 Å². The summed E-state index contributed by atoms with van der Waals surface area (Å²) in [6.45, 7) is 4.61. The number of ether oxygens (including phenoxy) is 2. The van der Waals surface area contributed by atoms with E-state index < -0.39 is 47.1 Å². The molecule has 0 bridgehead atoms. The van der Waals surface area contributed by atoms with Crippen LogP contribution in [-0.4, -0.2) is 44.2 Å². The number of esters is 1. The van der Waals surface area contributed by atoms with E-state index in [1.165, 1.54) is 13.1 Å². The lowest BCUT2D eigenvalue weighted by Gasteiger charge is -2.24. The zero-order valence-corrected chi connectivity index (χ0v) is 22.4. The number of aromatic nitrogens is 2. The van der Waals surface area contributed by atoms with Crippen LogP contribution in [0.2, 0.25) is 0 Å². The van der Waals surface area contributed by atoms with E-state index in [9.17, 15) is 18.9 Å². The number of para-hydroxylation sites is 1. The number of nitrogens with zero attached hydrogens (tertiary/aromatic N) is 1. The SMILES string of the molecule is CC(C)OC(=O)[C@H](C)N[P@](=O)(OC[C@H]1C[C@@](Cl)(Br)[C@H](n2ccc(=O)[nH]c2=O)O1)Oc1ccccc1. The van der Waals surface area contributed by atoms with Gasteiger partial charge in [0.05, 0.1) is 18.8 Å². The number of benzene rings is 1. The number of alkyl halides is 2. The molecule has 14 heteroatoms. The highest BCUT2D eigenvalue weighted by Gasteiger charge is 2.48. The van der Waals surface area contributed by atoms with E-state index in [1.54, 1.807) is 44.2 Å². The predicted octanol–water partition coefficient (Wildman–Crippen LogP) is 3.29. The molecule has 2 aromatic rings. The fraction of sp³-hybridized carbons (Fsp3) is 0.476. The molecule has 35 heavy (non-hydrogen) atoms. The van der Waals surface area contributed by atoms with Gasteiger partial charge in [-0.1, -0.05) is 34.1 Å². The molecule has 3 rings (SSSR count). The highest BCUT2D eigenvalue weighted by atomic mass is 79.9. The Balaban J connectivity index is 1.75. The van der Waals surface area contributed by atoms with Gasteiger partial charge in [-0.15, -0.1) is 11.6 Å². The number of rotatable bonds is 10. The van der Waals surface area contributed by atoms with Crippen LogP contribution in [0.25, 0.3) is 0 Å². The summed E-state index contributed by atoms with van der Waals surface area (Å²) in [6, 6.07) is 8.47. The summed E-state index contributed by atoms with van der Waals surface area (Å²) in [5, 5.41) is 2.59. The number of H-pyrrole nitrogens is 1. The largest absolute Gasteiger partial charge is 0.462 e. The van der Waals surface area contributed by atoms with Gasteiger partial charge in [0.25, 0.3) is 5.56 Å².